The van der Waals surface area contributed by atoms with Crippen LogP contribution in [0.15, 0.2) is 70.2 Å². The highest BCUT2D eigenvalue weighted by Gasteiger charge is 2.26. The van der Waals surface area contributed by atoms with Gasteiger partial charge in [-0.2, -0.15) is 0 Å². The Morgan fingerprint density at radius 3 is 1.16 bits per heavy atom. The van der Waals surface area contributed by atoms with Gasteiger partial charge in [0.2, 0.25) is 0 Å². The monoisotopic (exact) mass is 374 g/mol. The van der Waals surface area contributed by atoms with E-state index in [4.69, 9.17) is 9.49 Å². The van der Waals surface area contributed by atoms with Crippen molar-refractivity contribution in [3.05, 3.63) is 60.7 Å². The molecule has 2 aromatic carbocycles. The van der Waals surface area contributed by atoms with Crippen LogP contribution in [-0.4, -0.2) is 30.6 Å². The predicted molar refractivity (Wildman–Crippen MR) is 118 cm³/mol. The van der Waals surface area contributed by atoms with Crippen LogP contribution in [0.4, 0.5) is 11.4 Å². The van der Waals surface area contributed by atoms with E-state index in [0.717, 1.165) is 11.4 Å². The molecule has 0 aliphatic carbocycles. The Balaban J connectivity index is 2.51. The molecule has 0 spiro atoms. The van der Waals surface area contributed by atoms with Crippen molar-refractivity contribution >= 4 is 25.5 Å². The van der Waals surface area contributed by atoms with Crippen molar-refractivity contribution in [2.75, 3.05) is 30.6 Å². The molecular weight excluding hydrogens is 342 g/mol. The molecule has 0 fully saturated rings. The fraction of sp³-hybridized carbons (Fsp3) is 0.429. The topological polar surface area (TPSA) is 24.7 Å². The summed E-state index contributed by atoms with van der Waals surface area (Å²) in [6.07, 6.45) is 4.68. The summed E-state index contributed by atoms with van der Waals surface area (Å²) in [5.41, 5.74) is 2.29. The van der Waals surface area contributed by atoms with Gasteiger partial charge < -0.3 is 0 Å². The van der Waals surface area contributed by atoms with Gasteiger partial charge in [-0.05, 0) is 63.0 Å². The van der Waals surface area contributed by atoms with Gasteiger partial charge >= 0.3 is 0 Å². The first-order valence-corrected chi connectivity index (χ1v) is 14.0. The van der Waals surface area contributed by atoms with Crippen molar-refractivity contribution in [3.63, 3.8) is 0 Å². The third-order valence-corrected chi connectivity index (χ3v) is 15.3. The Bertz CT molecular complexity index is 670. The molecule has 2 rings (SSSR count). The highest BCUT2D eigenvalue weighted by molar-refractivity contribution is 7.83. The third-order valence-electron chi connectivity index (χ3n) is 5.05. The van der Waals surface area contributed by atoms with Crippen LogP contribution in [0.2, 0.25) is 0 Å². The molecule has 0 bridgehead atoms. The second kappa shape index (κ2) is 9.56. The summed E-state index contributed by atoms with van der Waals surface area (Å²) in [6.45, 7) is 9.30. The van der Waals surface area contributed by atoms with Gasteiger partial charge in [0.05, 0.1) is 11.4 Å². The minimum atomic E-state index is -1.39. The van der Waals surface area contributed by atoms with Crippen molar-refractivity contribution in [1.29, 1.82) is 0 Å². The van der Waals surface area contributed by atoms with Crippen LogP contribution in [0.25, 0.3) is 0 Å². The van der Waals surface area contributed by atoms with Crippen LogP contribution in [0.1, 0.15) is 27.7 Å². The van der Waals surface area contributed by atoms with E-state index in [0.29, 0.717) is 0 Å². The molecule has 0 aliphatic heterocycles. The second-order valence-corrected chi connectivity index (χ2v) is 14.9. The van der Waals surface area contributed by atoms with Crippen LogP contribution in [0.5, 0.6) is 0 Å². The van der Waals surface area contributed by atoms with Crippen molar-refractivity contribution in [2.45, 2.75) is 27.7 Å². The molecular formula is C21H32N2P2. The molecule has 0 aromatic heterocycles. The molecule has 0 saturated heterocycles. The molecule has 2 aromatic rings. The zero-order valence-electron chi connectivity index (χ0n) is 16.1. The summed E-state index contributed by atoms with van der Waals surface area (Å²) in [5.74, 6) is 1.21. The van der Waals surface area contributed by atoms with Gasteiger partial charge in [0.1, 0.15) is 0 Å². The summed E-state index contributed by atoms with van der Waals surface area (Å²) in [6, 6.07) is 21.1. The minimum Gasteiger partial charge on any atom is -0.267 e. The Hall–Kier alpha value is -1.10. The average Bonchev–Trinajstić information content (AvgIpc) is 2.68. The molecule has 0 aliphatic rings. The molecule has 136 valence electrons. The van der Waals surface area contributed by atoms with E-state index in [1.54, 1.807) is 0 Å². The van der Waals surface area contributed by atoms with E-state index < -0.39 is 14.1 Å². The van der Waals surface area contributed by atoms with E-state index in [9.17, 15) is 0 Å². The van der Waals surface area contributed by atoms with Gasteiger partial charge in [0.15, 0.2) is 0 Å². The normalized spacial score (nSPS) is 12.0. The fourth-order valence-corrected chi connectivity index (χ4v) is 13.5. The highest BCUT2D eigenvalue weighted by Crippen LogP contribution is 2.66. The van der Waals surface area contributed by atoms with Crippen LogP contribution in [-0.2, 0) is 0 Å². The second-order valence-electron chi connectivity index (χ2n) is 6.47. The maximum atomic E-state index is 5.33. The van der Waals surface area contributed by atoms with Gasteiger partial charge in [0.25, 0.3) is 0 Å². The first-order chi connectivity index (χ1) is 12.1. The van der Waals surface area contributed by atoms with Gasteiger partial charge in [-0.25, -0.2) is 0 Å². The summed E-state index contributed by atoms with van der Waals surface area (Å²) in [7, 11) is -2.78. The molecule has 25 heavy (non-hydrogen) atoms. The third kappa shape index (κ3) is 5.44. The van der Waals surface area contributed by atoms with E-state index >= 15 is 0 Å². The van der Waals surface area contributed by atoms with E-state index in [1.165, 1.54) is 30.6 Å². The summed E-state index contributed by atoms with van der Waals surface area (Å²) < 4.78 is 10.7. The number of benzene rings is 2. The zero-order chi connectivity index (χ0) is 18.2. The Morgan fingerprint density at radius 1 is 0.560 bits per heavy atom. The van der Waals surface area contributed by atoms with Crippen molar-refractivity contribution < 1.29 is 0 Å². The Morgan fingerprint density at radius 2 is 0.880 bits per heavy atom. The van der Waals surface area contributed by atoms with Gasteiger partial charge in [0, 0.05) is 5.90 Å². The standard InChI is InChI=1S/C21H32N2P2/c1-5-24(6-2,22-20-15-11-9-12-16-20)19-25(7-3,8-4)23-21-17-13-10-14-18-21/h9-18H,5-8,19H2,1-4H3. The first-order valence-electron chi connectivity index (χ1n) is 9.39. The van der Waals surface area contributed by atoms with E-state index in [1.807, 2.05) is 0 Å². The number of nitrogens with zero attached hydrogens (tertiary/aromatic N) is 2. The van der Waals surface area contributed by atoms with Gasteiger partial charge in [-0.15, -0.1) is 0 Å². The Kier molecular flexibility index (Phi) is 7.73. The SMILES string of the molecule is CCP(CC)(CP(CC)(CC)=Nc1ccccc1)=Nc1ccccc1. The number of hydrogen-bond acceptors (Lipinski definition) is 2. The molecule has 0 radical (unpaired) electrons. The lowest BCUT2D eigenvalue weighted by Crippen LogP contribution is -2.02. The maximum absolute atomic E-state index is 5.33. The Labute approximate surface area is 154 Å². The minimum absolute atomic E-state index is 1.14. The lowest BCUT2D eigenvalue weighted by Gasteiger charge is -2.31. The fourth-order valence-electron chi connectivity index (χ4n) is 3.16. The maximum Gasteiger partial charge on any atom is 0.0613 e. The predicted octanol–water partition coefficient (Wildman–Crippen LogP) is 8.09. The summed E-state index contributed by atoms with van der Waals surface area (Å²) in [5, 5.41) is 0. The lowest BCUT2D eigenvalue weighted by atomic mass is 10.3. The molecule has 0 N–H and O–H groups in total. The van der Waals surface area contributed by atoms with Gasteiger partial charge in [-0.1, -0.05) is 64.1 Å². The molecule has 2 nitrogen and oxygen atoms in total. The average molecular weight is 374 g/mol. The first kappa shape index (κ1) is 20.2. The molecule has 0 saturated carbocycles. The largest absolute Gasteiger partial charge is 0.267 e. The highest BCUT2D eigenvalue weighted by atomic mass is 31.2. The number of rotatable bonds is 8. The smallest absolute Gasteiger partial charge is 0.0613 e. The molecule has 4 heteroatoms. The lowest BCUT2D eigenvalue weighted by molar-refractivity contribution is 1.32. The van der Waals surface area contributed by atoms with Crippen molar-refractivity contribution in [3.8, 4) is 0 Å². The molecule has 0 unspecified atom stereocenters. The van der Waals surface area contributed by atoms with E-state index in [-0.39, 0.29) is 0 Å². The van der Waals surface area contributed by atoms with Crippen LogP contribution < -0.4 is 0 Å². The van der Waals surface area contributed by atoms with Crippen molar-refractivity contribution in [2.24, 2.45) is 9.49 Å². The van der Waals surface area contributed by atoms with Crippen LogP contribution in [0, 0.1) is 0 Å². The summed E-state index contributed by atoms with van der Waals surface area (Å²) >= 11 is 0. The number of hydrogen-bond donors (Lipinski definition) is 0. The molecule has 0 amide bonds. The van der Waals surface area contributed by atoms with Crippen LogP contribution in [0.3, 0.4) is 0 Å². The summed E-state index contributed by atoms with van der Waals surface area (Å²) in [4.78, 5) is 0. The van der Waals surface area contributed by atoms with Crippen molar-refractivity contribution in [1.82, 2.24) is 0 Å². The zero-order valence-corrected chi connectivity index (χ0v) is 17.9. The van der Waals surface area contributed by atoms with E-state index in [2.05, 4.69) is 88.4 Å². The van der Waals surface area contributed by atoms with Crippen LogP contribution >= 0.6 is 14.1 Å². The molecule has 0 heterocycles. The van der Waals surface area contributed by atoms with Gasteiger partial charge in [-0.3, -0.25) is 9.49 Å². The quantitative estimate of drug-likeness (QED) is 0.417. The molecule has 0 atom stereocenters.